The summed E-state index contributed by atoms with van der Waals surface area (Å²) in [5.74, 6) is 0. The second-order valence-electron chi connectivity index (χ2n) is 3.70. The first-order valence-electron chi connectivity index (χ1n) is 5.52. The Balaban J connectivity index is 0.000000364. The van der Waals surface area contributed by atoms with Crippen LogP contribution < -0.4 is 0 Å². The molecule has 0 atom stereocenters. The van der Waals surface area contributed by atoms with Crippen molar-refractivity contribution >= 4 is 35.5 Å². The molecule has 0 bridgehead atoms. The molecule has 0 amide bonds. The molecule has 9 heteroatoms. The molecular formula is C12H12N2O4S2Zn. The molecule has 0 aromatic rings. The summed E-state index contributed by atoms with van der Waals surface area (Å²) >= 11 is 8.67. The summed E-state index contributed by atoms with van der Waals surface area (Å²) in [5.41, 5.74) is 0.329. The van der Waals surface area contributed by atoms with Gasteiger partial charge in [-0.3, -0.25) is 20.5 Å². The molecule has 2 rings (SSSR count). The van der Waals surface area contributed by atoms with Crippen molar-refractivity contribution in [1.82, 2.24) is 10.1 Å². The molecule has 0 aromatic carbocycles. The second kappa shape index (κ2) is 9.75. The summed E-state index contributed by atoms with van der Waals surface area (Å²) in [6.07, 6.45) is 9.79. The monoisotopic (exact) mass is 376 g/mol. The maximum absolute atomic E-state index is 10.5. The molecule has 0 unspecified atom stereocenters. The number of carbonyl (C=O) groups excluding carboxylic acids is 2. The fraction of sp³-hybridized carbons (Fsp3) is 0.167. The molecule has 2 heterocycles. The van der Waals surface area contributed by atoms with E-state index in [0.29, 0.717) is 13.1 Å². The summed E-state index contributed by atoms with van der Waals surface area (Å²) in [7, 11) is 0. The molecule has 0 spiro atoms. The number of hydroxylamine groups is 4. The van der Waals surface area contributed by atoms with Crippen molar-refractivity contribution in [2.24, 2.45) is 0 Å². The Morgan fingerprint density at radius 3 is 1.43 bits per heavy atom. The molecular weight excluding hydrogens is 366 g/mol. The number of rotatable bonds is 2. The van der Waals surface area contributed by atoms with Crippen molar-refractivity contribution in [3.05, 3.63) is 47.9 Å². The summed E-state index contributed by atoms with van der Waals surface area (Å²) in [6.45, 7) is 0.655. The fourth-order valence-electron chi connectivity index (χ4n) is 1.36. The topological polar surface area (TPSA) is 81.1 Å². The predicted molar refractivity (Wildman–Crippen MR) is 76.2 cm³/mol. The molecule has 0 aliphatic carbocycles. The SMILES string of the molecule is O=C([S-])C1=CC=CCN1O.O=C([S-])C1=CC=CCN1O.[Zn+2]. The van der Waals surface area contributed by atoms with Gasteiger partial charge in [-0.1, -0.05) is 24.3 Å². The summed E-state index contributed by atoms with van der Waals surface area (Å²) in [4.78, 5) is 21.0. The van der Waals surface area contributed by atoms with Crippen molar-refractivity contribution in [2.45, 2.75) is 0 Å². The molecule has 0 aromatic heterocycles. The van der Waals surface area contributed by atoms with E-state index in [0.717, 1.165) is 10.1 Å². The smallest absolute Gasteiger partial charge is 0.735 e. The molecule has 2 aliphatic heterocycles. The van der Waals surface area contributed by atoms with Crippen molar-refractivity contribution in [3.63, 3.8) is 0 Å². The van der Waals surface area contributed by atoms with E-state index in [1.165, 1.54) is 12.2 Å². The Bertz CT molecular complexity index is 471. The van der Waals surface area contributed by atoms with Crippen LogP contribution in [0, 0.1) is 0 Å². The summed E-state index contributed by atoms with van der Waals surface area (Å²) in [6, 6.07) is 0. The third kappa shape index (κ3) is 6.45. The molecule has 0 saturated carbocycles. The van der Waals surface area contributed by atoms with Gasteiger partial charge in [0.25, 0.3) is 0 Å². The largest absolute Gasteiger partial charge is 2.00 e. The van der Waals surface area contributed by atoms with Crippen molar-refractivity contribution in [3.8, 4) is 0 Å². The normalized spacial score (nSPS) is 16.1. The Morgan fingerprint density at radius 2 is 1.24 bits per heavy atom. The second-order valence-corrected chi connectivity index (χ2v) is 4.44. The van der Waals surface area contributed by atoms with Crippen LogP contribution in [0.15, 0.2) is 47.9 Å². The molecule has 2 N–H and O–H groups in total. The van der Waals surface area contributed by atoms with Crippen molar-refractivity contribution in [1.29, 1.82) is 0 Å². The summed E-state index contributed by atoms with van der Waals surface area (Å²) < 4.78 is 0. The minimum atomic E-state index is -0.535. The third-order valence-corrected chi connectivity index (χ3v) is 2.73. The molecule has 0 radical (unpaired) electrons. The number of allylic oxidation sites excluding steroid dienone is 4. The zero-order chi connectivity index (χ0) is 15.1. The van der Waals surface area contributed by atoms with E-state index >= 15 is 0 Å². The van der Waals surface area contributed by atoms with E-state index in [1.54, 1.807) is 24.3 Å². The Morgan fingerprint density at radius 1 is 0.905 bits per heavy atom. The van der Waals surface area contributed by atoms with Gasteiger partial charge < -0.3 is 34.8 Å². The van der Waals surface area contributed by atoms with Crippen LogP contribution in [0.1, 0.15) is 0 Å². The van der Waals surface area contributed by atoms with E-state index in [1.807, 2.05) is 0 Å². The molecule has 2 aliphatic rings. The Kier molecular flexibility index (Phi) is 9.23. The molecule has 0 fully saturated rings. The van der Waals surface area contributed by atoms with Crippen LogP contribution in [0.4, 0.5) is 0 Å². The first-order valence-corrected chi connectivity index (χ1v) is 6.34. The average molecular weight is 378 g/mol. The van der Waals surface area contributed by atoms with Gasteiger partial charge in [-0.15, -0.1) is 0 Å². The van der Waals surface area contributed by atoms with Crippen molar-refractivity contribution in [2.75, 3.05) is 13.1 Å². The van der Waals surface area contributed by atoms with Gasteiger partial charge >= 0.3 is 19.5 Å². The van der Waals surface area contributed by atoms with Crippen LogP contribution in [0.5, 0.6) is 0 Å². The molecule has 0 saturated heterocycles. The van der Waals surface area contributed by atoms with Crippen LogP contribution in [0.2, 0.25) is 0 Å². The minimum absolute atomic E-state index is 0. The van der Waals surface area contributed by atoms with E-state index in [-0.39, 0.29) is 30.9 Å². The number of nitrogens with zero attached hydrogens (tertiary/aromatic N) is 2. The van der Waals surface area contributed by atoms with Crippen LogP contribution in [0.3, 0.4) is 0 Å². The number of carbonyl (C=O) groups is 2. The minimum Gasteiger partial charge on any atom is -0.735 e. The van der Waals surface area contributed by atoms with E-state index in [2.05, 4.69) is 25.3 Å². The zero-order valence-corrected chi connectivity index (χ0v) is 15.6. The molecule has 21 heavy (non-hydrogen) atoms. The quantitative estimate of drug-likeness (QED) is 0.529. The van der Waals surface area contributed by atoms with Gasteiger partial charge in [-0.2, -0.15) is 0 Å². The predicted octanol–water partition coefficient (Wildman–Crippen LogP) is 0.407. The van der Waals surface area contributed by atoms with Crippen LogP contribution in [0.25, 0.3) is 0 Å². The standard InChI is InChI=1S/2C6H7NO2S.Zn/c2*8-6(10)5-3-1-2-4-7(5)9;/h2*1-3,9H,4H2,(H,8,10);/q;;+2/p-2. The van der Waals surface area contributed by atoms with Gasteiger partial charge in [0.2, 0.25) is 0 Å². The fourth-order valence-corrected chi connectivity index (χ4v) is 1.70. The third-order valence-electron chi connectivity index (χ3n) is 2.31. The van der Waals surface area contributed by atoms with Crippen LogP contribution in [-0.2, 0) is 54.3 Å². The van der Waals surface area contributed by atoms with E-state index in [9.17, 15) is 9.59 Å². The van der Waals surface area contributed by atoms with Gasteiger partial charge in [0.1, 0.15) is 0 Å². The van der Waals surface area contributed by atoms with E-state index < -0.39 is 10.2 Å². The van der Waals surface area contributed by atoms with Gasteiger partial charge in [0, 0.05) is 0 Å². The molecule has 108 valence electrons. The summed E-state index contributed by atoms with van der Waals surface area (Å²) in [5, 5.41) is 18.5. The van der Waals surface area contributed by atoms with Crippen LogP contribution >= 0.6 is 0 Å². The van der Waals surface area contributed by atoms with Gasteiger partial charge in [0.15, 0.2) is 0 Å². The maximum atomic E-state index is 10.5. The zero-order valence-electron chi connectivity index (χ0n) is 11.0. The van der Waals surface area contributed by atoms with Crippen LogP contribution in [-0.4, -0.2) is 43.9 Å². The number of hydrogen-bond acceptors (Lipinski definition) is 8. The average Bonchev–Trinajstić information content (AvgIpc) is 2.40. The first kappa shape index (κ1) is 19.9. The maximum Gasteiger partial charge on any atom is 2.00 e. The van der Waals surface area contributed by atoms with Crippen molar-refractivity contribution < 1.29 is 39.5 Å². The Hall–Kier alpha value is -1.12. The van der Waals surface area contributed by atoms with E-state index in [4.69, 9.17) is 10.4 Å². The van der Waals surface area contributed by atoms with Gasteiger partial charge in [-0.05, 0) is 12.2 Å². The first-order chi connectivity index (χ1) is 9.43. The van der Waals surface area contributed by atoms with Gasteiger partial charge in [0.05, 0.1) is 34.7 Å². The number of hydrogen-bond donors (Lipinski definition) is 2. The Labute approximate surface area is 146 Å². The van der Waals surface area contributed by atoms with Gasteiger partial charge in [-0.25, -0.2) is 0 Å². The molecule has 6 nitrogen and oxygen atoms in total.